The maximum atomic E-state index is 13.5. The van der Waals surface area contributed by atoms with Gasteiger partial charge in [-0.15, -0.1) is 0 Å². The SMILES string of the molecule is CCNC(=O)CNc1nccc(C(=O)O)c1F. The molecule has 0 fully saturated rings. The number of carbonyl (C=O) groups excluding carboxylic acids is 1. The van der Waals surface area contributed by atoms with Gasteiger partial charge < -0.3 is 15.7 Å². The van der Waals surface area contributed by atoms with Gasteiger partial charge in [0.1, 0.15) is 5.56 Å². The molecule has 0 atom stereocenters. The third-order valence-electron chi connectivity index (χ3n) is 1.91. The Morgan fingerprint density at radius 1 is 1.53 bits per heavy atom. The number of nitrogens with one attached hydrogen (secondary N) is 2. The highest BCUT2D eigenvalue weighted by molar-refractivity contribution is 5.89. The molecule has 0 bridgehead atoms. The van der Waals surface area contributed by atoms with E-state index in [2.05, 4.69) is 15.6 Å². The van der Waals surface area contributed by atoms with Gasteiger partial charge in [0.15, 0.2) is 11.6 Å². The predicted octanol–water partition coefficient (Wildman–Crippen LogP) is 0.467. The number of rotatable bonds is 5. The summed E-state index contributed by atoms with van der Waals surface area (Å²) in [4.78, 5) is 25.4. The minimum absolute atomic E-state index is 0.166. The van der Waals surface area contributed by atoms with Crippen molar-refractivity contribution in [3.8, 4) is 0 Å². The van der Waals surface area contributed by atoms with Crippen molar-refractivity contribution in [2.24, 2.45) is 0 Å². The second-order valence-corrected chi connectivity index (χ2v) is 3.13. The van der Waals surface area contributed by atoms with Gasteiger partial charge in [0.2, 0.25) is 5.91 Å². The highest BCUT2D eigenvalue weighted by Gasteiger charge is 2.15. The zero-order valence-electron chi connectivity index (χ0n) is 9.16. The third kappa shape index (κ3) is 3.40. The Kier molecular flexibility index (Phi) is 4.38. The van der Waals surface area contributed by atoms with Gasteiger partial charge in [-0.2, -0.15) is 0 Å². The number of hydrogen-bond acceptors (Lipinski definition) is 4. The maximum absolute atomic E-state index is 13.5. The van der Waals surface area contributed by atoms with Gasteiger partial charge in [0, 0.05) is 12.7 Å². The molecule has 7 heteroatoms. The summed E-state index contributed by atoms with van der Waals surface area (Å²) >= 11 is 0. The van der Waals surface area contributed by atoms with Crippen LogP contribution in [-0.4, -0.2) is 35.1 Å². The van der Waals surface area contributed by atoms with Crippen LogP contribution in [0.15, 0.2) is 12.3 Å². The van der Waals surface area contributed by atoms with Crippen LogP contribution in [0.1, 0.15) is 17.3 Å². The Hall–Kier alpha value is -2.18. The first-order chi connectivity index (χ1) is 8.06. The number of anilines is 1. The zero-order valence-corrected chi connectivity index (χ0v) is 9.16. The van der Waals surface area contributed by atoms with E-state index in [9.17, 15) is 14.0 Å². The molecule has 1 amide bonds. The lowest BCUT2D eigenvalue weighted by Crippen LogP contribution is -2.30. The van der Waals surface area contributed by atoms with Crippen molar-refractivity contribution in [3.05, 3.63) is 23.6 Å². The molecule has 17 heavy (non-hydrogen) atoms. The first-order valence-electron chi connectivity index (χ1n) is 4.94. The quantitative estimate of drug-likeness (QED) is 0.697. The Morgan fingerprint density at radius 2 is 2.24 bits per heavy atom. The first-order valence-corrected chi connectivity index (χ1v) is 4.94. The van der Waals surface area contributed by atoms with Gasteiger partial charge in [-0.1, -0.05) is 0 Å². The number of likely N-dealkylation sites (N-methyl/N-ethyl adjacent to an activating group) is 1. The summed E-state index contributed by atoms with van der Waals surface area (Å²) < 4.78 is 13.5. The summed E-state index contributed by atoms with van der Waals surface area (Å²) in [6.07, 6.45) is 1.16. The number of carboxylic acid groups (broad SMARTS) is 1. The van der Waals surface area contributed by atoms with Crippen molar-refractivity contribution >= 4 is 17.7 Å². The van der Waals surface area contributed by atoms with Gasteiger partial charge in [0.05, 0.1) is 6.54 Å². The molecule has 0 radical (unpaired) electrons. The van der Waals surface area contributed by atoms with E-state index in [1.165, 1.54) is 0 Å². The van der Waals surface area contributed by atoms with Crippen LogP contribution in [0.3, 0.4) is 0 Å². The first kappa shape index (κ1) is 12.9. The molecule has 1 heterocycles. The minimum Gasteiger partial charge on any atom is -0.478 e. The normalized spacial score (nSPS) is 9.76. The maximum Gasteiger partial charge on any atom is 0.338 e. The van der Waals surface area contributed by atoms with Crippen molar-refractivity contribution in [2.75, 3.05) is 18.4 Å². The summed E-state index contributed by atoms with van der Waals surface area (Å²) in [5, 5.41) is 13.6. The van der Waals surface area contributed by atoms with Crippen molar-refractivity contribution in [1.29, 1.82) is 0 Å². The number of hydrogen-bond donors (Lipinski definition) is 3. The van der Waals surface area contributed by atoms with Crippen LogP contribution < -0.4 is 10.6 Å². The van der Waals surface area contributed by atoms with E-state index < -0.39 is 17.3 Å². The highest BCUT2D eigenvalue weighted by Crippen LogP contribution is 2.14. The molecular weight excluding hydrogens is 229 g/mol. The average Bonchev–Trinajstić information content (AvgIpc) is 2.27. The summed E-state index contributed by atoms with van der Waals surface area (Å²) in [6, 6.07) is 1.05. The van der Waals surface area contributed by atoms with Gasteiger partial charge >= 0.3 is 5.97 Å². The molecule has 1 aromatic heterocycles. The van der Waals surface area contributed by atoms with E-state index >= 15 is 0 Å². The molecule has 0 saturated heterocycles. The molecule has 6 nitrogen and oxygen atoms in total. The number of aromatic nitrogens is 1. The molecule has 1 aromatic rings. The number of amides is 1. The summed E-state index contributed by atoms with van der Waals surface area (Å²) in [5.74, 6) is -2.94. The monoisotopic (exact) mass is 241 g/mol. The summed E-state index contributed by atoms with van der Waals surface area (Å²) in [5.41, 5.74) is -0.488. The van der Waals surface area contributed by atoms with Gasteiger partial charge in [-0.25, -0.2) is 14.2 Å². The summed E-state index contributed by atoms with van der Waals surface area (Å²) in [6.45, 7) is 2.05. The van der Waals surface area contributed by atoms with E-state index in [4.69, 9.17) is 5.11 Å². The molecule has 1 rings (SSSR count). The molecule has 0 aliphatic rings. The Morgan fingerprint density at radius 3 is 2.82 bits per heavy atom. The molecular formula is C10H12FN3O3. The third-order valence-corrected chi connectivity index (χ3v) is 1.91. The topological polar surface area (TPSA) is 91.3 Å². The largest absolute Gasteiger partial charge is 0.478 e. The average molecular weight is 241 g/mol. The number of carboxylic acids is 1. The lowest BCUT2D eigenvalue weighted by molar-refractivity contribution is -0.119. The Balaban J connectivity index is 2.75. The molecule has 0 aromatic carbocycles. The fourth-order valence-electron chi connectivity index (χ4n) is 1.16. The van der Waals surface area contributed by atoms with E-state index in [1.807, 2.05) is 0 Å². The van der Waals surface area contributed by atoms with Crippen molar-refractivity contribution in [1.82, 2.24) is 10.3 Å². The smallest absolute Gasteiger partial charge is 0.338 e. The van der Waals surface area contributed by atoms with Crippen LogP contribution >= 0.6 is 0 Å². The van der Waals surface area contributed by atoms with E-state index in [-0.39, 0.29) is 18.3 Å². The van der Waals surface area contributed by atoms with Crippen molar-refractivity contribution < 1.29 is 19.1 Å². The van der Waals surface area contributed by atoms with Crippen LogP contribution in [0.25, 0.3) is 0 Å². The molecule has 92 valence electrons. The number of aromatic carboxylic acids is 1. The number of pyridine rings is 1. The molecule has 3 N–H and O–H groups in total. The van der Waals surface area contributed by atoms with E-state index in [1.54, 1.807) is 6.92 Å². The Labute approximate surface area is 96.9 Å². The molecule has 0 saturated carbocycles. The fourth-order valence-corrected chi connectivity index (χ4v) is 1.16. The van der Waals surface area contributed by atoms with Crippen LogP contribution in [0.4, 0.5) is 10.2 Å². The Bertz CT molecular complexity index is 437. The standard InChI is InChI=1S/C10H12FN3O3/c1-2-12-7(15)5-14-9-8(11)6(10(16)17)3-4-13-9/h3-4H,2,5H2,1H3,(H,12,15)(H,13,14)(H,16,17). The lowest BCUT2D eigenvalue weighted by atomic mass is 10.2. The van der Waals surface area contributed by atoms with Gasteiger partial charge in [-0.3, -0.25) is 4.79 Å². The van der Waals surface area contributed by atoms with Crippen LogP contribution in [-0.2, 0) is 4.79 Å². The van der Waals surface area contributed by atoms with Crippen molar-refractivity contribution in [2.45, 2.75) is 6.92 Å². The summed E-state index contributed by atoms with van der Waals surface area (Å²) in [7, 11) is 0. The van der Waals surface area contributed by atoms with E-state index in [0.717, 1.165) is 12.3 Å². The molecule has 0 unspecified atom stereocenters. The van der Waals surface area contributed by atoms with E-state index in [0.29, 0.717) is 6.54 Å². The number of nitrogens with zero attached hydrogens (tertiary/aromatic N) is 1. The predicted molar refractivity (Wildman–Crippen MR) is 58.3 cm³/mol. The number of halogens is 1. The van der Waals surface area contributed by atoms with Gasteiger partial charge in [0.25, 0.3) is 0 Å². The highest BCUT2D eigenvalue weighted by atomic mass is 19.1. The molecule has 0 spiro atoms. The fraction of sp³-hybridized carbons (Fsp3) is 0.300. The van der Waals surface area contributed by atoms with Crippen molar-refractivity contribution in [3.63, 3.8) is 0 Å². The van der Waals surface area contributed by atoms with Crippen LogP contribution in [0.2, 0.25) is 0 Å². The molecule has 0 aliphatic carbocycles. The van der Waals surface area contributed by atoms with Crippen LogP contribution in [0.5, 0.6) is 0 Å². The lowest BCUT2D eigenvalue weighted by Gasteiger charge is -2.07. The second kappa shape index (κ2) is 5.78. The zero-order chi connectivity index (χ0) is 12.8. The van der Waals surface area contributed by atoms with Crippen LogP contribution in [0, 0.1) is 5.82 Å². The number of carbonyl (C=O) groups is 2. The second-order valence-electron chi connectivity index (χ2n) is 3.13. The molecule has 0 aliphatic heterocycles. The van der Waals surface area contributed by atoms with Gasteiger partial charge in [-0.05, 0) is 13.0 Å². The minimum atomic E-state index is -1.38.